The summed E-state index contributed by atoms with van der Waals surface area (Å²) in [6, 6.07) is 8.32. The molecule has 1 aliphatic rings. The minimum absolute atomic E-state index is 0.0740. The minimum Gasteiger partial charge on any atom is -0.488 e. The predicted octanol–water partition coefficient (Wildman–Crippen LogP) is 2.54. The lowest BCUT2D eigenvalue weighted by Crippen LogP contribution is -2.13. The highest BCUT2D eigenvalue weighted by Gasteiger charge is 2.21. The third-order valence-electron chi connectivity index (χ3n) is 4.79. The molecule has 2 N–H and O–H groups in total. The lowest BCUT2D eigenvalue weighted by Gasteiger charge is -2.14. The summed E-state index contributed by atoms with van der Waals surface area (Å²) >= 11 is 0. The fourth-order valence-electron chi connectivity index (χ4n) is 3.13. The van der Waals surface area contributed by atoms with E-state index in [1.165, 1.54) is 6.20 Å². The molecule has 1 aliphatic heterocycles. The van der Waals surface area contributed by atoms with Crippen LogP contribution in [0, 0.1) is 0 Å². The van der Waals surface area contributed by atoms with Crippen molar-refractivity contribution in [3.63, 3.8) is 0 Å². The molecule has 34 heavy (non-hydrogen) atoms. The van der Waals surface area contributed by atoms with E-state index < -0.39 is 22.6 Å². The van der Waals surface area contributed by atoms with Crippen molar-refractivity contribution in [2.24, 2.45) is 4.99 Å². The molecule has 2 aromatic heterocycles. The third-order valence-corrected chi connectivity index (χ3v) is 5.76. The van der Waals surface area contributed by atoms with Gasteiger partial charge in [-0.3, -0.25) is 0 Å². The Morgan fingerprint density at radius 3 is 2.62 bits per heavy atom. The second-order valence-electron chi connectivity index (χ2n) is 7.71. The summed E-state index contributed by atoms with van der Waals surface area (Å²) in [4.78, 5) is 15.4. The van der Waals surface area contributed by atoms with Crippen molar-refractivity contribution in [1.82, 2.24) is 15.0 Å². The summed E-state index contributed by atoms with van der Waals surface area (Å²) < 4.78 is 53.2. The Balaban J connectivity index is 1.64. The highest BCUT2D eigenvalue weighted by Crippen LogP contribution is 2.32. The number of halogens is 1. The maximum absolute atomic E-state index is 13.0. The van der Waals surface area contributed by atoms with Crippen molar-refractivity contribution >= 4 is 15.7 Å². The number of aliphatic imine (C=N–C) groups is 1. The number of aliphatic hydroxyl groups is 1. The van der Waals surface area contributed by atoms with E-state index in [1.807, 2.05) is 6.07 Å². The molecule has 1 aromatic carbocycles. The van der Waals surface area contributed by atoms with E-state index in [-0.39, 0.29) is 23.6 Å². The maximum atomic E-state index is 13.0. The monoisotopic (exact) mass is 490 g/mol. The van der Waals surface area contributed by atoms with Crippen LogP contribution in [0.1, 0.15) is 12.6 Å². The molecule has 2 atom stereocenters. The van der Waals surface area contributed by atoms with Gasteiger partial charge in [0.05, 0.1) is 19.0 Å². The van der Waals surface area contributed by atoms with Gasteiger partial charge in [-0.1, -0.05) is 0 Å². The number of rotatable bonds is 9. The average molecular weight is 491 g/mol. The van der Waals surface area contributed by atoms with Gasteiger partial charge >= 0.3 is 0 Å². The maximum Gasteiger partial charge on any atom is 0.237 e. The van der Waals surface area contributed by atoms with E-state index >= 15 is 0 Å². The highest BCUT2D eigenvalue weighted by atomic mass is 32.2. The number of aliphatic hydroxyl groups excluding tert-OH is 1. The number of aromatic amines is 1. The number of H-pyrrole nitrogens is 1. The summed E-state index contributed by atoms with van der Waals surface area (Å²) in [5.41, 5.74) is 2.00. The van der Waals surface area contributed by atoms with Crippen LogP contribution in [0.15, 0.2) is 52.7 Å². The quantitative estimate of drug-likeness (QED) is 0.467. The molecule has 4 rings (SSSR count). The Bertz CT molecular complexity index is 1290. The number of sulfone groups is 1. The summed E-state index contributed by atoms with van der Waals surface area (Å²) in [7, 11) is -3.49. The number of ether oxygens (including phenoxy) is 3. The van der Waals surface area contributed by atoms with E-state index in [0.717, 1.165) is 12.5 Å². The van der Waals surface area contributed by atoms with Gasteiger partial charge in [0.2, 0.25) is 11.8 Å². The molecule has 0 radical (unpaired) electrons. The molecule has 12 heteroatoms. The zero-order valence-electron chi connectivity index (χ0n) is 18.4. The van der Waals surface area contributed by atoms with E-state index in [1.54, 1.807) is 31.2 Å². The van der Waals surface area contributed by atoms with Gasteiger partial charge in [0, 0.05) is 23.6 Å². The molecule has 3 aromatic rings. The fourth-order valence-corrected chi connectivity index (χ4v) is 3.62. The molecular weight excluding hydrogens is 467 g/mol. The molecule has 10 nitrogen and oxygen atoms in total. The van der Waals surface area contributed by atoms with Crippen molar-refractivity contribution in [2.45, 2.75) is 24.1 Å². The molecule has 0 spiro atoms. The lowest BCUT2D eigenvalue weighted by atomic mass is 10.1. The molecule has 0 saturated carbocycles. The largest absolute Gasteiger partial charge is 0.488 e. The van der Waals surface area contributed by atoms with Crippen LogP contribution in [-0.2, 0) is 14.6 Å². The molecule has 0 aliphatic carbocycles. The zero-order chi connectivity index (χ0) is 24.3. The van der Waals surface area contributed by atoms with Crippen LogP contribution in [0.3, 0.4) is 0 Å². The molecular formula is C22H23FN4O6S. The predicted molar refractivity (Wildman–Crippen MR) is 121 cm³/mol. The van der Waals surface area contributed by atoms with Crippen LogP contribution in [0.4, 0.5) is 4.39 Å². The number of hydrogen-bond acceptors (Lipinski definition) is 9. The van der Waals surface area contributed by atoms with Crippen molar-refractivity contribution < 1.29 is 32.1 Å². The number of hydrogen-bond donors (Lipinski definition) is 2. The van der Waals surface area contributed by atoms with Crippen LogP contribution < -0.4 is 9.47 Å². The van der Waals surface area contributed by atoms with Crippen LogP contribution in [0.2, 0.25) is 0 Å². The number of aromatic nitrogens is 3. The van der Waals surface area contributed by atoms with Crippen molar-refractivity contribution in [1.29, 1.82) is 0 Å². The van der Waals surface area contributed by atoms with Crippen LogP contribution in [0.25, 0.3) is 11.3 Å². The summed E-state index contributed by atoms with van der Waals surface area (Å²) in [6.07, 6.45) is 2.67. The van der Waals surface area contributed by atoms with Gasteiger partial charge in [-0.2, -0.15) is 0 Å². The molecule has 3 heterocycles. The SMILES string of the molecule is C[C@@H](CF)Oc1cc(Oc2cnc(S(C)(=O)=O)cn2)cc(-c2ccc(C3=N[C@H](CO)CO3)[nH]2)c1. The Labute approximate surface area is 195 Å². The molecule has 180 valence electrons. The molecule has 0 unspecified atom stereocenters. The normalized spacial score (nSPS) is 16.6. The van der Waals surface area contributed by atoms with Gasteiger partial charge in [-0.25, -0.2) is 27.8 Å². The number of nitrogens with zero attached hydrogens (tertiary/aromatic N) is 3. The van der Waals surface area contributed by atoms with Crippen LogP contribution in [-0.4, -0.2) is 72.7 Å². The van der Waals surface area contributed by atoms with Crippen LogP contribution >= 0.6 is 0 Å². The average Bonchev–Trinajstić information content (AvgIpc) is 3.48. The fraction of sp³-hybridized carbons (Fsp3) is 0.318. The highest BCUT2D eigenvalue weighted by molar-refractivity contribution is 7.90. The van der Waals surface area contributed by atoms with Gasteiger partial charge in [-0.15, -0.1) is 0 Å². The van der Waals surface area contributed by atoms with E-state index in [2.05, 4.69) is 19.9 Å². The second-order valence-corrected chi connectivity index (χ2v) is 9.67. The topological polar surface area (TPSA) is 136 Å². The zero-order valence-corrected chi connectivity index (χ0v) is 19.3. The molecule has 0 amide bonds. The van der Waals surface area contributed by atoms with E-state index in [0.29, 0.717) is 41.0 Å². The second kappa shape index (κ2) is 9.77. The smallest absolute Gasteiger partial charge is 0.237 e. The standard InChI is InChI=1S/C22H23FN4O6S/c1-13(8-23)32-16-5-14(18-3-4-19(27-18)22-26-15(11-28)12-31-22)6-17(7-16)33-20-9-25-21(10-24-20)34(2,29)30/h3-7,9-10,13,15,27-28H,8,11-12H2,1-2H3/t13-,15+/m0/s1. The first-order valence-electron chi connectivity index (χ1n) is 10.3. The van der Waals surface area contributed by atoms with Crippen molar-refractivity contribution in [2.75, 3.05) is 26.1 Å². The Morgan fingerprint density at radius 1 is 1.21 bits per heavy atom. The number of nitrogens with one attached hydrogen (secondary N) is 1. The Morgan fingerprint density at radius 2 is 1.97 bits per heavy atom. The Hall–Kier alpha value is -3.51. The molecule has 0 saturated heterocycles. The van der Waals surface area contributed by atoms with E-state index in [9.17, 15) is 17.9 Å². The van der Waals surface area contributed by atoms with Crippen molar-refractivity contribution in [3.8, 4) is 28.6 Å². The van der Waals surface area contributed by atoms with Gasteiger partial charge < -0.3 is 24.3 Å². The first-order chi connectivity index (χ1) is 16.2. The number of benzene rings is 1. The summed E-state index contributed by atoms with van der Waals surface area (Å²) in [6.45, 7) is 1.14. The summed E-state index contributed by atoms with van der Waals surface area (Å²) in [5.74, 6) is 1.17. The van der Waals surface area contributed by atoms with Gasteiger partial charge in [0.1, 0.15) is 42.6 Å². The molecule has 0 bridgehead atoms. The third kappa shape index (κ3) is 5.51. The van der Waals surface area contributed by atoms with Crippen molar-refractivity contribution in [3.05, 3.63) is 48.4 Å². The number of alkyl halides is 1. The first kappa shape index (κ1) is 23.6. The van der Waals surface area contributed by atoms with Gasteiger partial charge in [0.15, 0.2) is 14.9 Å². The first-order valence-corrected chi connectivity index (χ1v) is 12.2. The molecule has 0 fully saturated rings. The van der Waals surface area contributed by atoms with Gasteiger partial charge in [-0.05, 0) is 31.2 Å². The minimum atomic E-state index is -3.49. The van der Waals surface area contributed by atoms with E-state index in [4.69, 9.17) is 14.2 Å². The van der Waals surface area contributed by atoms with Crippen LogP contribution in [0.5, 0.6) is 17.4 Å². The summed E-state index contributed by atoms with van der Waals surface area (Å²) in [5, 5.41) is 9.08. The Kier molecular flexibility index (Phi) is 6.80. The van der Waals surface area contributed by atoms with Gasteiger partial charge in [0.25, 0.3) is 0 Å². The lowest BCUT2D eigenvalue weighted by molar-refractivity contribution is 0.182.